The summed E-state index contributed by atoms with van der Waals surface area (Å²) in [6, 6.07) is 18.4. The van der Waals surface area contributed by atoms with Crippen LogP contribution in [0.15, 0.2) is 71.6 Å². The first-order valence-electron chi connectivity index (χ1n) is 9.23. The van der Waals surface area contributed by atoms with E-state index in [1.165, 1.54) is 12.1 Å². The molecule has 3 aromatic carbocycles. The maximum Gasteiger partial charge on any atom is 0.253 e. The van der Waals surface area contributed by atoms with Gasteiger partial charge in [-0.1, -0.05) is 30.3 Å². The first-order valence-corrected chi connectivity index (χ1v) is 10.8. The van der Waals surface area contributed by atoms with Crippen molar-refractivity contribution >= 4 is 26.5 Å². The summed E-state index contributed by atoms with van der Waals surface area (Å²) < 4.78 is 38.6. The van der Waals surface area contributed by atoms with Gasteiger partial charge in [-0.3, -0.25) is 4.79 Å². The number of likely N-dealkylation sites (tertiary alicyclic amines) is 1. The summed E-state index contributed by atoms with van der Waals surface area (Å²) in [5, 5.41) is 1.52. The Hall–Kier alpha value is -2.73. The SMILES string of the molecule is O=C(c1ccc2ccccc2c1)N1CCC(S(=O)(=O)c2ccc(F)cc2)CC1. The summed E-state index contributed by atoms with van der Waals surface area (Å²) in [7, 11) is -3.53. The molecule has 1 aliphatic heterocycles. The molecule has 1 amide bonds. The molecule has 4 nitrogen and oxygen atoms in total. The van der Waals surface area contributed by atoms with Gasteiger partial charge in [0.1, 0.15) is 5.82 Å². The van der Waals surface area contributed by atoms with Gasteiger partial charge in [0, 0.05) is 18.7 Å². The van der Waals surface area contributed by atoms with E-state index in [-0.39, 0.29) is 10.8 Å². The monoisotopic (exact) mass is 397 g/mol. The number of sulfone groups is 1. The number of halogens is 1. The zero-order valence-electron chi connectivity index (χ0n) is 15.2. The summed E-state index contributed by atoms with van der Waals surface area (Å²) in [6.45, 7) is 0.771. The molecule has 0 spiro atoms. The van der Waals surface area contributed by atoms with Crippen LogP contribution < -0.4 is 0 Å². The molecule has 0 radical (unpaired) electrons. The minimum absolute atomic E-state index is 0.0802. The van der Waals surface area contributed by atoms with E-state index >= 15 is 0 Å². The third-order valence-corrected chi connectivity index (χ3v) is 7.58. The first kappa shape index (κ1) is 18.6. The van der Waals surface area contributed by atoms with Crippen LogP contribution in [0.2, 0.25) is 0 Å². The lowest BCUT2D eigenvalue weighted by atomic mass is 10.0. The highest BCUT2D eigenvalue weighted by Gasteiger charge is 2.33. The lowest BCUT2D eigenvalue weighted by Crippen LogP contribution is -2.42. The second-order valence-electron chi connectivity index (χ2n) is 7.05. The van der Waals surface area contributed by atoms with Crippen LogP contribution in [0, 0.1) is 5.82 Å². The average molecular weight is 397 g/mol. The van der Waals surface area contributed by atoms with Crippen molar-refractivity contribution in [3.8, 4) is 0 Å². The zero-order valence-corrected chi connectivity index (χ0v) is 16.0. The smallest absolute Gasteiger partial charge is 0.253 e. The molecule has 0 aromatic heterocycles. The normalized spacial score (nSPS) is 15.7. The Kier molecular flexibility index (Phi) is 4.89. The number of amides is 1. The number of hydrogen-bond acceptors (Lipinski definition) is 3. The minimum Gasteiger partial charge on any atom is -0.339 e. The van der Waals surface area contributed by atoms with Crippen molar-refractivity contribution in [1.29, 1.82) is 0 Å². The lowest BCUT2D eigenvalue weighted by molar-refractivity contribution is 0.0726. The largest absolute Gasteiger partial charge is 0.339 e. The quantitative estimate of drug-likeness (QED) is 0.627. The number of benzene rings is 3. The summed E-state index contributed by atoms with van der Waals surface area (Å²) in [6.07, 6.45) is 0.748. The van der Waals surface area contributed by atoms with E-state index < -0.39 is 20.9 Å². The maximum atomic E-state index is 13.1. The second-order valence-corrected chi connectivity index (χ2v) is 9.28. The van der Waals surface area contributed by atoms with Gasteiger partial charge in [-0.05, 0) is 60.0 Å². The van der Waals surface area contributed by atoms with Gasteiger partial charge in [0.2, 0.25) is 0 Å². The fraction of sp³-hybridized carbons (Fsp3) is 0.227. The molecule has 0 bridgehead atoms. The van der Waals surface area contributed by atoms with Crippen LogP contribution >= 0.6 is 0 Å². The highest BCUT2D eigenvalue weighted by molar-refractivity contribution is 7.92. The molecule has 0 aliphatic carbocycles. The van der Waals surface area contributed by atoms with E-state index in [1.807, 2.05) is 42.5 Å². The molecule has 28 heavy (non-hydrogen) atoms. The standard InChI is InChI=1S/C22H20FNO3S/c23-19-7-9-20(10-8-19)28(26,27)21-11-13-24(14-12-21)22(25)18-6-5-16-3-1-2-4-17(16)15-18/h1-10,15,21H,11-14H2. The molecular formula is C22H20FNO3S. The molecule has 1 aliphatic rings. The molecule has 144 valence electrons. The van der Waals surface area contributed by atoms with Gasteiger partial charge in [-0.2, -0.15) is 0 Å². The van der Waals surface area contributed by atoms with Crippen molar-refractivity contribution in [3.63, 3.8) is 0 Å². The van der Waals surface area contributed by atoms with E-state index in [4.69, 9.17) is 0 Å². The molecule has 6 heteroatoms. The van der Waals surface area contributed by atoms with Crippen molar-refractivity contribution in [1.82, 2.24) is 4.90 Å². The molecule has 0 atom stereocenters. The zero-order chi connectivity index (χ0) is 19.7. The third kappa shape index (κ3) is 3.52. The van der Waals surface area contributed by atoms with Crippen LogP contribution in [0.3, 0.4) is 0 Å². The third-order valence-electron chi connectivity index (χ3n) is 5.31. The van der Waals surface area contributed by atoms with Crippen LogP contribution in [-0.4, -0.2) is 37.6 Å². The van der Waals surface area contributed by atoms with E-state index in [0.717, 1.165) is 22.9 Å². The van der Waals surface area contributed by atoms with Gasteiger partial charge in [0.15, 0.2) is 9.84 Å². The van der Waals surface area contributed by atoms with Crippen molar-refractivity contribution < 1.29 is 17.6 Å². The maximum absolute atomic E-state index is 13.1. The summed E-state index contributed by atoms with van der Waals surface area (Å²) in [4.78, 5) is 14.7. The van der Waals surface area contributed by atoms with Crippen LogP contribution in [0.25, 0.3) is 10.8 Å². The summed E-state index contributed by atoms with van der Waals surface area (Å²) in [5.74, 6) is -0.543. The van der Waals surface area contributed by atoms with Gasteiger partial charge in [-0.15, -0.1) is 0 Å². The molecule has 1 saturated heterocycles. The Morgan fingerprint density at radius 1 is 0.893 bits per heavy atom. The van der Waals surface area contributed by atoms with Gasteiger partial charge in [0.25, 0.3) is 5.91 Å². The van der Waals surface area contributed by atoms with E-state index in [0.29, 0.717) is 31.5 Å². The molecule has 4 rings (SSSR count). The predicted octanol–water partition coefficient (Wildman–Crippen LogP) is 4.06. The molecule has 1 heterocycles. The van der Waals surface area contributed by atoms with Crippen LogP contribution in [0.5, 0.6) is 0 Å². The van der Waals surface area contributed by atoms with Gasteiger partial charge in [0.05, 0.1) is 10.1 Å². The van der Waals surface area contributed by atoms with Crippen LogP contribution in [-0.2, 0) is 9.84 Å². The Bertz CT molecular complexity index is 1120. The average Bonchev–Trinajstić information content (AvgIpc) is 2.73. The minimum atomic E-state index is -3.53. The number of nitrogens with zero attached hydrogens (tertiary/aromatic N) is 1. The number of hydrogen-bond donors (Lipinski definition) is 0. The molecule has 1 fully saturated rings. The number of rotatable bonds is 3. The Labute approximate surface area is 163 Å². The molecular weight excluding hydrogens is 377 g/mol. The highest BCUT2D eigenvalue weighted by atomic mass is 32.2. The van der Waals surface area contributed by atoms with Crippen molar-refractivity contribution in [2.45, 2.75) is 23.0 Å². The Morgan fingerprint density at radius 2 is 1.54 bits per heavy atom. The number of fused-ring (bicyclic) bond motifs is 1. The highest BCUT2D eigenvalue weighted by Crippen LogP contribution is 2.26. The van der Waals surface area contributed by atoms with Crippen molar-refractivity contribution in [3.05, 3.63) is 78.1 Å². The van der Waals surface area contributed by atoms with Crippen LogP contribution in [0.1, 0.15) is 23.2 Å². The lowest BCUT2D eigenvalue weighted by Gasteiger charge is -2.32. The number of carbonyl (C=O) groups excluding carboxylic acids is 1. The van der Waals surface area contributed by atoms with E-state index in [2.05, 4.69) is 0 Å². The van der Waals surface area contributed by atoms with Gasteiger partial charge >= 0.3 is 0 Å². The molecule has 0 unspecified atom stereocenters. The molecule has 3 aromatic rings. The van der Waals surface area contributed by atoms with Gasteiger partial charge in [-0.25, -0.2) is 12.8 Å². The Balaban J connectivity index is 1.47. The Morgan fingerprint density at radius 3 is 2.21 bits per heavy atom. The van der Waals surface area contributed by atoms with E-state index in [1.54, 1.807) is 4.90 Å². The summed E-state index contributed by atoms with van der Waals surface area (Å²) in [5.41, 5.74) is 0.610. The number of piperidine rings is 1. The fourth-order valence-corrected chi connectivity index (χ4v) is 5.42. The van der Waals surface area contributed by atoms with Crippen LogP contribution in [0.4, 0.5) is 4.39 Å². The van der Waals surface area contributed by atoms with Crippen molar-refractivity contribution in [2.24, 2.45) is 0 Å². The topological polar surface area (TPSA) is 54.5 Å². The van der Waals surface area contributed by atoms with E-state index in [9.17, 15) is 17.6 Å². The first-order chi connectivity index (χ1) is 13.4. The molecule has 0 N–H and O–H groups in total. The van der Waals surface area contributed by atoms with Crippen molar-refractivity contribution in [2.75, 3.05) is 13.1 Å². The van der Waals surface area contributed by atoms with Gasteiger partial charge < -0.3 is 4.90 Å². The predicted molar refractivity (Wildman–Crippen MR) is 106 cm³/mol. The summed E-state index contributed by atoms with van der Waals surface area (Å²) >= 11 is 0. The second kappa shape index (κ2) is 7.36. The molecule has 0 saturated carbocycles. The number of carbonyl (C=O) groups is 1. The fourth-order valence-electron chi connectivity index (χ4n) is 3.69.